The summed E-state index contributed by atoms with van der Waals surface area (Å²) in [6.45, 7) is 4.05. The Morgan fingerprint density at radius 3 is 2.54 bits per heavy atom. The van der Waals surface area contributed by atoms with Crippen LogP contribution in [0.3, 0.4) is 0 Å². The van der Waals surface area contributed by atoms with Gasteiger partial charge in [-0.2, -0.15) is 11.8 Å². The summed E-state index contributed by atoms with van der Waals surface area (Å²) in [5, 5.41) is 3.18. The summed E-state index contributed by atoms with van der Waals surface area (Å²) >= 11 is 1.74. The van der Waals surface area contributed by atoms with Crippen LogP contribution in [0.2, 0.25) is 0 Å². The van der Waals surface area contributed by atoms with E-state index in [4.69, 9.17) is 4.74 Å². The van der Waals surface area contributed by atoms with Crippen molar-refractivity contribution < 1.29 is 9.53 Å². The monoisotopic (exact) mass is 205 g/mol. The van der Waals surface area contributed by atoms with Crippen LogP contribution in [0, 0.1) is 0 Å². The first kappa shape index (κ1) is 12.8. The van der Waals surface area contributed by atoms with Gasteiger partial charge in [0.1, 0.15) is 6.04 Å². The minimum Gasteiger partial charge on any atom is -0.468 e. The summed E-state index contributed by atoms with van der Waals surface area (Å²) in [6, 6.07) is 0.156. The third kappa shape index (κ3) is 5.93. The van der Waals surface area contributed by atoms with Gasteiger partial charge >= 0.3 is 5.97 Å². The molecule has 0 saturated carbocycles. The SMILES string of the molecule is COC(=O)C(CCSC)NC(C)C. The Balaban J connectivity index is 3.94. The van der Waals surface area contributed by atoms with Gasteiger partial charge in [-0.1, -0.05) is 13.8 Å². The number of methoxy groups -OCH3 is 1. The maximum absolute atomic E-state index is 11.3. The van der Waals surface area contributed by atoms with Crippen LogP contribution >= 0.6 is 11.8 Å². The molecule has 0 aromatic heterocycles. The molecule has 1 N–H and O–H groups in total. The molecule has 1 atom stereocenters. The molecule has 0 amide bonds. The van der Waals surface area contributed by atoms with Gasteiger partial charge in [0.15, 0.2) is 0 Å². The summed E-state index contributed by atoms with van der Waals surface area (Å²) in [7, 11) is 1.43. The van der Waals surface area contributed by atoms with Crippen molar-refractivity contribution in [2.24, 2.45) is 0 Å². The van der Waals surface area contributed by atoms with Gasteiger partial charge in [-0.15, -0.1) is 0 Å². The van der Waals surface area contributed by atoms with Crippen molar-refractivity contribution in [3.05, 3.63) is 0 Å². The lowest BCUT2D eigenvalue weighted by Gasteiger charge is -2.18. The van der Waals surface area contributed by atoms with E-state index in [1.54, 1.807) is 11.8 Å². The fourth-order valence-electron chi connectivity index (χ4n) is 1.05. The molecular formula is C9H19NO2S. The lowest BCUT2D eigenvalue weighted by Crippen LogP contribution is -2.41. The number of carbonyl (C=O) groups is 1. The highest BCUT2D eigenvalue weighted by Gasteiger charge is 2.18. The van der Waals surface area contributed by atoms with Crippen molar-refractivity contribution in [1.29, 1.82) is 0 Å². The normalized spacial score (nSPS) is 13.0. The molecule has 0 radical (unpaired) electrons. The Morgan fingerprint density at radius 2 is 2.15 bits per heavy atom. The molecule has 1 unspecified atom stereocenters. The van der Waals surface area contributed by atoms with E-state index >= 15 is 0 Å². The smallest absolute Gasteiger partial charge is 0.322 e. The highest BCUT2D eigenvalue weighted by Crippen LogP contribution is 2.03. The molecule has 13 heavy (non-hydrogen) atoms. The number of hydrogen-bond donors (Lipinski definition) is 1. The number of rotatable bonds is 6. The first-order valence-electron chi connectivity index (χ1n) is 4.44. The molecular weight excluding hydrogens is 186 g/mol. The second-order valence-electron chi connectivity index (χ2n) is 3.18. The summed E-state index contributed by atoms with van der Waals surface area (Å²) in [5.41, 5.74) is 0. The third-order valence-corrected chi connectivity index (χ3v) is 2.27. The van der Waals surface area contributed by atoms with Crippen molar-refractivity contribution >= 4 is 17.7 Å². The zero-order valence-corrected chi connectivity index (χ0v) is 9.61. The van der Waals surface area contributed by atoms with Crippen LogP contribution in [-0.4, -0.2) is 37.2 Å². The molecule has 0 bridgehead atoms. The predicted octanol–water partition coefficient (Wildman–Crippen LogP) is 1.28. The number of hydrogen-bond acceptors (Lipinski definition) is 4. The fourth-order valence-corrected chi connectivity index (χ4v) is 1.52. The van der Waals surface area contributed by atoms with Crippen LogP contribution in [0.25, 0.3) is 0 Å². The molecule has 0 aliphatic rings. The Labute approximate surface area is 84.6 Å². The first-order valence-corrected chi connectivity index (χ1v) is 5.84. The number of ether oxygens (including phenoxy) is 1. The molecule has 0 aromatic carbocycles. The highest BCUT2D eigenvalue weighted by molar-refractivity contribution is 7.98. The lowest BCUT2D eigenvalue weighted by molar-refractivity contribution is -0.143. The van der Waals surface area contributed by atoms with E-state index in [-0.39, 0.29) is 12.0 Å². The van der Waals surface area contributed by atoms with Crippen LogP contribution in [0.15, 0.2) is 0 Å². The standard InChI is InChI=1S/C9H19NO2S/c1-7(2)10-8(5-6-13-4)9(11)12-3/h7-8,10H,5-6H2,1-4H3. The fraction of sp³-hybridized carbons (Fsp3) is 0.889. The summed E-state index contributed by atoms with van der Waals surface area (Å²) in [6.07, 6.45) is 2.86. The van der Waals surface area contributed by atoms with Crippen molar-refractivity contribution in [3.8, 4) is 0 Å². The number of thioether (sulfide) groups is 1. The van der Waals surface area contributed by atoms with Crippen LogP contribution in [0.1, 0.15) is 20.3 Å². The average molecular weight is 205 g/mol. The minimum absolute atomic E-state index is 0.155. The lowest BCUT2D eigenvalue weighted by atomic mass is 10.2. The molecule has 0 saturated heterocycles. The molecule has 0 fully saturated rings. The second kappa shape index (κ2) is 7.21. The maximum atomic E-state index is 11.3. The van der Waals surface area contributed by atoms with Crippen LogP contribution in [-0.2, 0) is 9.53 Å². The highest BCUT2D eigenvalue weighted by atomic mass is 32.2. The van der Waals surface area contributed by atoms with Crippen LogP contribution in [0.5, 0.6) is 0 Å². The van der Waals surface area contributed by atoms with Gasteiger partial charge in [-0.25, -0.2) is 0 Å². The molecule has 0 aliphatic carbocycles. The summed E-state index contributed by atoms with van der Waals surface area (Å²) in [4.78, 5) is 11.3. The Hall–Kier alpha value is -0.220. The van der Waals surface area contributed by atoms with Gasteiger partial charge in [-0.05, 0) is 18.4 Å². The minimum atomic E-state index is -0.164. The van der Waals surface area contributed by atoms with Gasteiger partial charge in [0.05, 0.1) is 7.11 Å². The largest absolute Gasteiger partial charge is 0.468 e. The van der Waals surface area contributed by atoms with Gasteiger partial charge in [0.2, 0.25) is 0 Å². The number of esters is 1. The van der Waals surface area contributed by atoms with Gasteiger partial charge in [0, 0.05) is 6.04 Å². The van der Waals surface area contributed by atoms with E-state index in [0.717, 1.165) is 12.2 Å². The molecule has 0 heterocycles. The quantitative estimate of drug-likeness (QED) is 0.663. The molecule has 0 aliphatic heterocycles. The summed E-state index contributed by atoms with van der Waals surface area (Å²) < 4.78 is 4.70. The molecule has 78 valence electrons. The molecule has 0 rings (SSSR count). The zero-order chi connectivity index (χ0) is 10.3. The first-order chi connectivity index (χ1) is 6.11. The Kier molecular flexibility index (Phi) is 7.09. The van der Waals surface area contributed by atoms with Crippen molar-refractivity contribution in [1.82, 2.24) is 5.32 Å². The number of nitrogens with one attached hydrogen (secondary N) is 1. The van der Waals surface area contributed by atoms with E-state index in [1.807, 2.05) is 20.1 Å². The van der Waals surface area contributed by atoms with E-state index in [2.05, 4.69) is 5.32 Å². The van der Waals surface area contributed by atoms with Crippen LogP contribution < -0.4 is 5.32 Å². The molecule has 4 heteroatoms. The van der Waals surface area contributed by atoms with Crippen LogP contribution in [0.4, 0.5) is 0 Å². The van der Waals surface area contributed by atoms with Crippen molar-refractivity contribution in [2.45, 2.75) is 32.4 Å². The molecule has 3 nitrogen and oxygen atoms in total. The molecule has 0 aromatic rings. The Bertz CT molecular complexity index is 151. The second-order valence-corrected chi connectivity index (χ2v) is 4.16. The van der Waals surface area contributed by atoms with Crippen molar-refractivity contribution in [2.75, 3.05) is 19.1 Å². The van der Waals surface area contributed by atoms with Gasteiger partial charge < -0.3 is 10.1 Å². The van der Waals surface area contributed by atoms with Crippen molar-refractivity contribution in [3.63, 3.8) is 0 Å². The predicted molar refractivity (Wildman–Crippen MR) is 57.1 cm³/mol. The zero-order valence-electron chi connectivity index (χ0n) is 8.79. The molecule has 0 spiro atoms. The third-order valence-electron chi connectivity index (χ3n) is 1.63. The van der Waals surface area contributed by atoms with E-state index in [0.29, 0.717) is 6.04 Å². The van der Waals surface area contributed by atoms with E-state index in [9.17, 15) is 4.79 Å². The maximum Gasteiger partial charge on any atom is 0.322 e. The Morgan fingerprint density at radius 1 is 1.54 bits per heavy atom. The van der Waals surface area contributed by atoms with Gasteiger partial charge in [0.25, 0.3) is 0 Å². The summed E-state index contributed by atoms with van der Waals surface area (Å²) in [5.74, 6) is 0.808. The average Bonchev–Trinajstić information content (AvgIpc) is 2.10. The van der Waals surface area contributed by atoms with Gasteiger partial charge in [-0.3, -0.25) is 4.79 Å². The number of carbonyl (C=O) groups excluding carboxylic acids is 1. The topological polar surface area (TPSA) is 38.3 Å². The van der Waals surface area contributed by atoms with E-state index in [1.165, 1.54) is 7.11 Å². The van der Waals surface area contributed by atoms with E-state index < -0.39 is 0 Å².